The molecule has 2 atom stereocenters. The third-order valence-electron chi connectivity index (χ3n) is 2.98. The molecule has 0 aliphatic carbocycles. The molecule has 0 spiro atoms. The second-order valence-corrected chi connectivity index (χ2v) is 5.53. The van der Waals surface area contributed by atoms with Crippen molar-refractivity contribution in [2.45, 2.75) is 18.8 Å². The Labute approximate surface area is 141 Å². The quantitative estimate of drug-likeness (QED) is 0.701. The molecule has 0 fully saturated rings. The summed E-state index contributed by atoms with van der Waals surface area (Å²) >= 11 is 3.13. The van der Waals surface area contributed by atoms with Gasteiger partial charge in [-0.15, -0.1) is 0 Å². The van der Waals surface area contributed by atoms with Gasteiger partial charge in [0.15, 0.2) is 0 Å². The number of hydrogen-bond donors (Lipinski definition) is 3. The molecule has 8 heteroatoms. The zero-order valence-corrected chi connectivity index (χ0v) is 13.7. The Morgan fingerprint density at radius 3 is 2.61 bits per heavy atom. The minimum atomic E-state index is -1.26. The Morgan fingerprint density at radius 1 is 1.22 bits per heavy atom. The molecule has 1 amide bonds. The predicted octanol–water partition coefficient (Wildman–Crippen LogP) is 1.56. The maximum atomic E-state index is 11.6. The second-order valence-electron chi connectivity index (χ2n) is 4.72. The fourth-order valence-electron chi connectivity index (χ4n) is 1.75. The molecule has 0 radical (unpaired) electrons. The summed E-state index contributed by atoms with van der Waals surface area (Å²) in [6.45, 7) is -0.0456. The van der Waals surface area contributed by atoms with Crippen LogP contribution in [0.4, 0.5) is 4.79 Å². The highest BCUT2D eigenvalue weighted by Gasteiger charge is 2.21. The molecule has 2 unspecified atom stereocenters. The van der Waals surface area contributed by atoms with Crippen LogP contribution in [-0.4, -0.2) is 38.9 Å². The molecule has 1 aromatic carbocycles. The van der Waals surface area contributed by atoms with Gasteiger partial charge in [-0.3, -0.25) is 4.98 Å². The number of halogens is 1. The zero-order chi connectivity index (χ0) is 16.7. The van der Waals surface area contributed by atoms with Crippen molar-refractivity contribution in [1.82, 2.24) is 15.3 Å². The molecule has 2 rings (SSSR count). The van der Waals surface area contributed by atoms with Crippen molar-refractivity contribution in [3.63, 3.8) is 0 Å². The summed E-state index contributed by atoms with van der Waals surface area (Å²) in [5.74, 6) is 0. The van der Waals surface area contributed by atoms with E-state index >= 15 is 0 Å². The number of carbonyl (C=O) groups excluding carboxylic acids is 1. The minimum Gasteiger partial charge on any atom is -0.445 e. The first-order valence-electron chi connectivity index (χ1n) is 6.84. The van der Waals surface area contributed by atoms with Crippen molar-refractivity contribution in [3.8, 4) is 0 Å². The van der Waals surface area contributed by atoms with E-state index in [2.05, 4.69) is 31.2 Å². The lowest BCUT2D eigenvalue weighted by atomic mass is 10.1. The predicted molar refractivity (Wildman–Crippen MR) is 85.3 cm³/mol. The van der Waals surface area contributed by atoms with Gasteiger partial charge in [0.2, 0.25) is 0 Å². The van der Waals surface area contributed by atoms with E-state index < -0.39 is 18.3 Å². The van der Waals surface area contributed by atoms with E-state index in [4.69, 9.17) is 4.74 Å². The van der Waals surface area contributed by atoms with E-state index in [-0.39, 0.29) is 18.8 Å². The number of aromatic nitrogens is 2. The van der Waals surface area contributed by atoms with Gasteiger partial charge < -0.3 is 20.3 Å². The van der Waals surface area contributed by atoms with Gasteiger partial charge in [-0.05, 0) is 21.5 Å². The van der Waals surface area contributed by atoms with Crippen LogP contribution in [0.3, 0.4) is 0 Å². The van der Waals surface area contributed by atoms with E-state index in [0.29, 0.717) is 4.60 Å². The number of aliphatic hydroxyl groups is 2. The number of benzene rings is 1. The first-order chi connectivity index (χ1) is 11.1. The van der Waals surface area contributed by atoms with Crippen LogP contribution in [-0.2, 0) is 11.3 Å². The lowest BCUT2D eigenvalue weighted by Gasteiger charge is -2.17. The lowest BCUT2D eigenvalue weighted by Crippen LogP contribution is -2.36. The first kappa shape index (κ1) is 17.3. The van der Waals surface area contributed by atoms with E-state index in [0.717, 1.165) is 5.56 Å². The van der Waals surface area contributed by atoms with Gasteiger partial charge in [-0.2, -0.15) is 0 Å². The van der Waals surface area contributed by atoms with Crippen molar-refractivity contribution in [1.29, 1.82) is 0 Å². The maximum absolute atomic E-state index is 11.6. The van der Waals surface area contributed by atoms with Crippen molar-refractivity contribution >= 4 is 22.0 Å². The van der Waals surface area contributed by atoms with Gasteiger partial charge in [0, 0.05) is 6.54 Å². The minimum absolute atomic E-state index is 0.128. The molecular weight excluding hydrogens is 366 g/mol. The topological polar surface area (TPSA) is 105 Å². The molecule has 1 heterocycles. The summed E-state index contributed by atoms with van der Waals surface area (Å²) in [5, 5.41) is 22.2. The fraction of sp³-hybridized carbons (Fsp3) is 0.267. The number of ether oxygens (including phenoxy) is 1. The van der Waals surface area contributed by atoms with Gasteiger partial charge in [-0.1, -0.05) is 30.3 Å². The van der Waals surface area contributed by atoms with Crippen molar-refractivity contribution in [2.75, 3.05) is 6.54 Å². The third-order valence-corrected chi connectivity index (χ3v) is 3.39. The highest BCUT2D eigenvalue weighted by molar-refractivity contribution is 9.10. The van der Waals surface area contributed by atoms with Crippen LogP contribution in [0.1, 0.15) is 17.4 Å². The highest BCUT2D eigenvalue weighted by atomic mass is 79.9. The Balaban J connectivity index is 1.75. The molecular formula is C15H16BrN3O4. The zero-order valence-electron chi connectivity index (χ0n) is 12.1. The number of nitrogens with zero attached hydrogens (tertiary/aromatic N) is 2. The second kappa shape index (κ2) is 8.56. The summed E-state index contributed by atoms with van der Waals surface area (Å²) in [6.07, 6.45) is -0.416. The van der Waals surface area contributed by atoms with Gasteiger partial charge in [-0.25, -0.2) is 9.78 Å². The number of rotatable bonds is 6. The SMILES string of the molecule is O=C(NCC(O)C(O)c1cnc(Br)cn1)OCc1ccccc1. The molecule has 0 bridgehead atoms. The maximum Gasteiger partial charge on any atom is 0.407 e. The summed E-state index contributed by atoms with van der Waals surface area (Å²) < 4.78 is 5.52. The summed E-state index contributed by atoms with van der Waals surface area (Å²) in [7, 11) is 0. The van der Waals surface area contributed by atoms with Crippen molar-refractivity contribution in [2.24, 2.45) is 0 Å². The van der Waals surface area contributed by atoms with Crippen molar-refractivity contribution < 1.29 is 19.7 Å². The Kier molecular flexibility index (Phi) is 6.45. The third kappa shape index (κ3) is 5.59. The summed E-state index contributed by atoms with van der Waals surface area (Å²) in [4.78, 5) is 19.4. The van der Waals surface area contributed by atoms with E-state index in [1.807, 2.05) is 30.3 Å². The molecule has 7 nitrogen and oxygen atoms in total. The van der Waals surface area contributed by atoms with Crippen LogP contribution >= 0.6 is 15.9 Å². The summed E-state index contributed by atoms with van der Waals surface area (Å²) in [6, 6.07) is 9.22. The Morgan fingerprint density at radius 2 is 1.96 bits per heavy atom. The first-order valence-corrected chi connectivity index (χ1v) is 7.63. The van der Waals surface area contributed by atoms with Crippen LogP contribution in [0.5, 0.6) is 0 Å². The molecule has 0 saturated heterocycles. The molecule has 0 aliphatic rings. The molecule has 23 heavy (non-hydrogen) atoms. The molecule has 0 saturated carbocycles. The Bertz CT molecular complexity index is 624. The summed E-state index contributed by atoms with van der Waals surface area (Å²) in [5.41, 5.74) is 1.06. The monoisotopic (exact) mass is 381 g/mol. The normalized spacial score (nSPS) is 13.2. The standard InChI is InChI=1S/C15H16BrN3O4/c16-13-8-17-11(6-18-13)14(21)12(20)7-19-15(22)23-9-10-4-2-1-3-5-10/h1-6,8,12,14,20-21H,7,9H2,(H,19,22). The molecule has 3 N–H and O–H groups in total. The number of alkyl carbamates (subject to hydrolysis) is 1. The smallest absolute Gasteiger partial charge is 0.407 e. The van der Waals surface area contributed by atoms with Gasteiger partial charge in [0.05, 0.1) is 18.1 Å². The lowest BCUT2D eigenvalue weighted by molar-refractivity contribution is 0.0157. The van der Waals surface area contributed by atoms with Crippen LogP contribution in [0.2, 0.25) is 0 Å². The van der Waals surface area contributed by atoms with Crippen LogP contribution in [0, 0.1) is 0 Å². The van der Waals surface area contributed by atoms with Crippen LogP contribution in [0.25, 0.3) is 0 Å². The average molecular weight is 382 g/mol. The van der Waals surface area contributed by atoms with Crippen LogP contribution in [0.15, 0.2) is 47.3 Å². The number of hydrogen-bond acceptors (Lipinski definition) is 6. The fourth-order valence-corrected chi connectivity index (χ4v) is 1.95. The number of amides is 1. The van der Waals surface area contributed by atoms with E-state index in [9.17, 15) is 15.0 Å². The van der Waals surface area contributed by atoms with Gasteiger partial charge in [0.25, 0.3) is 0 Å². The van der Waals surface area contributed by atoms with Gasteiger partial charge in [0.1, 0.15) is 23.4 Å². The van der Waals surface area contributed by atoms with E-state index in [1.165, 1.54) is 12.4 Å². The number of carbonyl (C=O) groups is 1. The van der Waals surface area contributed by atoms with E-state index in [1.54, 1.807) is 0 Å². The van der Waals surface area contributed by atoms with Gasteiger partial charge >= 0.3 is 6.09 Å². The largest absolute Gasteiger partial charge is 0.445 e. The molecule has 1 aromatic heterocycles. The molecule has 2 aromatic rings. The molecule has 122 valence electrons. The molecule has 0 aliphatic heterocycles. The van der Waals surface area contributed by atoms with Crippen molar-refractivity contribution in [3.05, 3.63) is 58.6 Å². The highest BCUT2D eigenvalue weighted by Crippen LogP contribution is 2.14. The number of aliphatic hydroxyl groups excluding tert-OH is 2. The van der Waals surface area contributed by atoms with Crippen LogP contribution < -0.4 is 5.32 Å². The number of nitrogens with one attached hydrogen (secondary N) is 1. The average Bonchev–Trinajstić information content (AvgIpc) is 2.58. The Hall–Kier alpha value is -2.03.